The molecule has 0 aliphatic rings. The third kappa shape index (κ3) is 3.50. The normalized spacial score (nSPS) is 10.7. The van der Waals surface area contributed by atoms with Gasteiger partial charge in [-0.25, -0.2) is 9.67 Å². The average molecular weight is 358 g/mol. The maximum absolute atomic E-state index is 12.6. The summed E-state index contributed by atoms with van der Waals surface area (Å²) >= 11 is 0. The Hall–Kier alpha value is -3.67. The Morgan fingerprint density at radius 1 is 1.07 bits per heavy atom. The molecule has 4 rings (SSSR count). The monoisotopic (exact) mass is 358 g/mol. The van der Waals surface area contributed by atoms with Crippen molar-refractivity contribution in [3.05, 3.63) is 84.2 Å². The number of carbonyl (C=O) groups excluding carboxylic acids is 1. The number of benzene rings is 2. The first kappa shape index (κ1) is 16.8. The van der Waals surface area contributed by atoms with Crippen LogP contribution in [0.1, 0.15) is 15.9 Å². The number of hydrogen-bond acceptors (Lipinski definition) is 4. The molecule has 4 aromatic rings. The SMILES string of the molecule is COc1ccccc1NC(=O)c1cnc2c(cnn2Cc2ccccc2)c1. The molecule has 0 saturated heterocycles. The zero-order chi connectivity index (χ0) is 18.6. The van der Waals surface area contributed by atoms with Crippen molar-refractivity contribution >= 4 is 22.6 Å². The molecule has 0 bridgehead atoms. The first-order valence-corrected chi connectivity index (χ1v) is 8.54. The molecule has 0 spiro atoms. The van der Waals surface area contributed by atoms with Crippen LogP contribution in [0.5, 0.6) is 5.75 Å². The molecule has 0 radical (unpaired) electrons. The standard InChI is InChI=1S/C21H18N4O2/c1-27-19-10-6-5-9-18(19)24-21(26)17-11-16-13-23-25(20(16)22-12-17)14-15-7-3-2-4-8-15/h2-13H,14H2,1H3,(H,24,26). The fourth-order valence-electron chi connectivity index (χ4n) is 2.91. The first-order valence-electron chi connectivity index (χ1n) is 8.54. The highest BCUT2D eigenvalue weighted by atomic mass is 16.5. The molecule has 134 valence electrons. The number of rotatable bonds is 5. The fraction of sp³-hybridized carbons (Fsp3) is 0.0952. The number of para-hydroxylation sites is 2. The van der Waals surface area contributed by atoms with Crippen LogP contribution in [-0.2, 0) is 6.54 Å². The van der Waals surface area contributed by atoms with Crippen molar-refractivity contribution in [2.45, 2.75) is 6.54 Å². The Kier molecular flexibility index (Phi) is 4.53. The molecule has 0 unspecified atom stereocenters. The maximum atomic E-state index is 12.6. The summed E-state index contributed by atoms with van der Waals surface area (Å²) in [7, 11) is 1.57. The number of nitrogens with one attached hydrogen (secondary N) is 1. The van der Waals surface area contributed by atoms with E-state index in [1.54, 1.807) is 37.7 Å². The quantitative estimate of drug-likeness (QED) is 0.590. The number of amides is 1. The van der Waals surface area contributed by atoms with Gasteiger partial charge in [-0.05, 0) is 23.8 Å². The molecular formula is C21H18N4O2. The highest BCUT2D eigenvalue weighted by molar-refractivity contribution is 6.06. The van der Waals surface area contributed by atoms with Crippen molar-refractivity contribution in [3.63, 3.8) is 0 Å². The number of methoxy groups -OCH3 is 1. The van der Waals surface area contributed by atoms with Gasteiger partial charge in [-0.1, -0.05) is 42.5 Å². The van der Waals surface area contributed by atoms with Crippen molar-refractivity contribution < 1.29 is 9.53 Å². The Labute approximate surface area is 156 Å². The predicted molar refractivity (Wildman–Crippen MR) is 104 cm³/mol. The second-order valence-electron chi connectivity index (χ2n) is 6.08. The van der Waals surface area contributed by atoms with E-state index in [1.807, 2.05) is 47.1 Å². The minimum Gasteiger partial charge on any atom is -0.495 e. The summed E-state index contributed by atoms with van der Waals surface area (Å²) in [5.41, 5.74) is 2.97. The lowest BCUT2D eigenvalue weighted by atomic mass is 10.2. The van der Waals surface area contributed by atoms with Crippen LogP contribution in [0.2, 0.25) is 0 Å². The number of hydrogen-bond donors (Lipinski definition) is 1. The van der Waals surface area contributed by atoms with Crippen molar-refractivity contribution in [1.29, 1.82) is 0 Å². The third-order valence-electron chi connectivity index (χ3n) is 4.27. The van der Waals surface area contributed by atoms with Gasteiger partial charge in [0.25, 0.3) is 5.91 Å². The lowest BCUT2D eigenvalue weighted by molar-refractivity contribution is 0.102. The van der Waals surface area contributed by atoms with E-state index in [1.165, 1.54) is 0 Å². The van der Waals surface area contributed by atoms with E-state index in [9.17, 15) is 4.79 Å². The van der Waals surface area contributed by atoms with Gasteiger partial charge in [0.15, 0.2) is 5.65 Å². The summed E-state index contributed by atoms with van der Waals surface area (Å²) < 4.78 is 7.09. The second kappa shape index (κ2) is 7.29. The van der Waals surface area contributed by atoms with E-state index in [-0.39, 0.29) is 5.91 Å². The van der Waals surface area contributed by atoms with Gasteiger partial charge in [-0.3, -0.25) is 4.79 Å². The number of nitrogens with zero attached hydrogens (tertiary/aromatic N) is 3. The van der Waals surface area contributed by atoms with Crippen LogP contribution < -0.4 is 10.1 Å². The molecule has 0 fully saturated rings. The molecule has 2 aromatic heterocycles. The highest BCUT2D eigenvalue weighted by Crippen LogP contribution is 2.24. The van der Waals surface area contributed by atoms with Crippen molar-refractivity contribution in [1.82, 2.24) is 14.8 Å². The number of anilines is 1. The topological polar surface area (TPSA) is 69.0 Å². The predicted octanol–water partition coefficient (Wildman–Crippen LogP) is 3.74. The average Bonchev–Trinajstić information content (AvgIpc) is 3.11. The molecule has 1 N–H and O–H groups in total. The van der Waals surface area contributed by atoms with Gasteiger partial charge in [0.05, 0.1) is 31.1 Å². The van der Waals surface area contributed by atoms with Gasteiger partial charge < -0.3 is 10.1 Å². The summed E-state index contributed by atoms with van der Waals surface area (Å²) in [4.78, 5) is 17.0. The Balaban J connectivity index is 1.58. The smallest absolute Gasteiger partial charge is 0.257 e. The van der Waals surface area contributed by atoms with Crippen molar-refractivity contribution in [2.24, 2.45) is 0 Å². The highest BCUT2D eigenvalue weighted by Gasteiger charge is 2.12. The van der Waals surface area contributed by atoms with Crippen molar-refractivity contribution in [3.8, 4) is 5.75 Å². The Morgan fingerprint density at radius 2 is 1.85 bits per heavy atom. The number of ether oxygens (including phenoxy) is 1. The van der Waals surface area contributed by atoms with Gasteiger partial charge in [-0.2, -0.15) is 5.10 Å². The lowest BCUT2D eigenvalue weighted by Gasteiger charge is -2.09. The molecule has 2 heterocycles. The number of carbonyl (C=O) groups is 1. The summed E-state index contributed by atoms with van der Waals surface area (Å²) in [6.45, 7) is 0.629. The minimum atomic E-state index is -0.246. The lowest BCUT2D eigenvalue weighted by Crippen LogP contribution is -2.13. The number of aromatic nitrogens is 3. The van der Waals surface area contributed by atoms with E-state index < -0.39 is 0 Å². The zero-order valence-electron chi connectivity index (χ0n) is 14.8. The number of pyridine rings is 1. The maximum Gasteiger partial charge on any atom is 0.257 e. The molecule has 0 aliphatic carbocycles. The van der Waals surface area contributed by atoms with E-state index in [2.05, 4.69) is 15.4 Å². The largest absolute Gasteiger partial charge is 0.495 e. The van der Waals surface area contributed by atoms with Gasteiger partial charge >= 0.3 is 0 Å². The fourth-order valence-corrected chi connectivity index (χ4v) is 2.91. The first-order chi connectivity index (χ1) is 13.2. The van der Waals surface area contributed by atoms with Crippen LogP contribution in [0.25, 0.3) is 11.0 Å². The molecule has 2 aromatic carbocycles. The summed E-state index contributed by atoms with van der Waals surface area (Å²) in [5, 5.41) is 8.08. The third-order valence-corrected chi connectivity index (χ3v) is 4.27. The van der Waals surface area contributed by atoms with Crippen LogP contribution in [-0.4, -0.2) is 27.8 Å². The molecule has 27 heavy (non-hydrogen) atoms. The van der Waals surface area contributed by atoms with Crippen LogP contribution in [0, 0.1) is 0 Å². The van der Waals surface area contributed by atoms with Gasteiger partial charge in [0.1, 0.15) is 5.75 Å². The second-order valence-corrected chi connectivity index (χ2v) is 6.08. The molecular weight excluding hydrogens is 340 g/mol. The van der Waals surface area contributed by atoms with Gasteiger partial charge in [0.2, 0.25) is 0 Å². The van der Waals surface area contributed by atoms with E-state index in [4.69, 9.17) is 4.74 Å². The molecule has 0 saturated carbocycles. The molecule has 0 aliphatic heterocycles. The van der Waals surface area contributed by atoms with Crippen LogP contribution in [0.3, 0.4) is 0 Å². The summed E-state index contributed by atoms with van der Waals surface area (Å²) in [6.07, 6.45) is 3.29. The van der Waals surface area contributed by atoms with Crippen LogP contribution in [0.15, 0.2) is 73.1 Å². The van der Waals surface area contributed by atoms with E-state index in [0.717, 1.165) is 16.6 Å². The van der Waals surface area contributed by atoms with E-state index in [0.29, 0.717) is 23.5 Å². The minimum absolute atomic E-state index is 0.246. The van der Waals surface area contributed by atoms with Crippen molar-refractivity contribution in [2.75, 3.05) is 12.4 Å². The summed E-state index contributed by atoms with van der Waals surface area (Å²) in [5.74, 6) is 0.361. The Bertz CT molecular complexity index is 1090. The van der Waals surface area contributed by atoms with Gasteiger partial charge in [0, 0.05) is 11.6 Å². The number of fused-ring (bicyclic) bond motifs is 1. The van der Waals surface area contributed by atoms with E-state index >= 15 is 0 Å². The molecule has 6 nitrogen and oxygen atoms in total. The van der Waals surface area contributed by atoms with Crippen LogP contribution in [0.4, 0.5) is 5.69 Å². The Morgan fingerprint density at radius 3 is 2.67 bits per heavy atom. The van der Waals surface area contributed by atoms with Crippen LogP contribution >= 0.6 is 0 Å². The molecule has 1 amide bonds. The van der Waals surface area contributed by atoms with Gasteiger partial charge in [-0.15, -0.1) is 0 Å². The molecule has 6 heteroatoms. The molecule has 0 atom stereocenters. The zero-order valence-corrected chi connectivity index (χ0v) is 14.8. The summed E-state index contributed by atoms with van der Waals surface area (Å²) in [6, 6.07) is 19.1.